The maximum Gasteiger partial charge on any atom is 0.104 e. The zero-order chi connectivity index (χ0) is 8.20. The van der Waals surface area contributed by atoms with E-state index in [0.29, 0.717) is 0 Å². The molecular formula is C8H20NO+. The van der Waals surface area contributed by atoms with Crippen LogP contribution in [0.1, 0.15) is 20.3 Å². The molecule has 0 aliphatic heterocycles. The van der Waals surface area contributed by atoms with Gasteiger partial charge in [0.2, 0.25) is 0 Å². The van der Waals surface area contributed by atoms with Crippen molar-refractivity contribution in [3.05, 3.63) is 0 Å². The maximum absolute atomic E-state index is 9.10. The van der Waals surface area contributed by atoms with E-state index in [1.165, 1.54) is 6.42 Å². The topological polar surface area (TPSA) is 20.2 Å². The molecule has 1 N–H and O–H groups in total. The second-order valence-electron chi connectivity index (χ2n) is 3.69. The SMILES string of the molecule is CCC[N+](C)(C)CC(C)O. The van der Waals surface area contributed by atoms with E-state index in [1.54, 1.807) is 0 Å². The second-order valence-corrected chi connectivity index (χ2v) is 3.69. The maximum atomic E-state index is 9.10. The lowest BCUT2D eigenvalue weighted by atomic mass is 10.3. The lowest BCUT2D eigenvalue weighted by Gasteiger charge is -2.30. The molecule has 62 valence electrons. The van der Waals surface area contributed by atoms with Crippen molar-refractivity contribution < 1.29 is 9.59 Å². The molecule has 0 aliphatic rings. The highest BCUT2D eigenvalue weighted by Crippen LogP contribution is 2.00. The molecule has 0 heterocycles. The zero-order valence-corrected chi connectivity index (χ0v) is 7.59. The summed E-state index contributed by atoms with van der Waals surface area (Å²) in [6.45, 7) is 6.01. The number of nitrogens with zero attached hydrogens (tertiary/aromatic N) is 1. The average molecular weight is 146 g/mol. The third-order valence-corrected chi connectivity index (χ3v) is 1.59. The standard InChI is InChI=1S/C8H20NO/c1-5-6-9(3,4)7-8(2)10/h8,10H,5-7H2,1-4H3/q+1. The Labute approximate surface area is 64.1 Å². The van der Waals surface area contributed by atoms with Crippen molar-refractivity contribution in [2.24, 2.45) is 0 Å². The predicted octanol–water partition coefficient (Wildman–Crippen LogP) is 0.854. The Hall–Kier alpha value is -0.0800. The van der Waals surface area contributed by atoms with E-state index in [1.807, 2.05) is 6.92 Å². The van der Waals surface area contributed by atoms with E-state index >= 15 is 0 Å². The first-order valence-corrected chi connectivity index (χ1v) is 3.98. The third kappa shape index (κ3) is 4.77. The van der Waals surface area contributed by atoms with Crippen molar-refractivity contribution in [2.45, 2.75) is 26.4 Å². The minimum Gasteiger partial charge on any atom is -0.388 e. The summed E-state index contributed by atoms with van der Waals surface area (Å²) in [6, 6.07) is 0. The van der Waals surface area contributed by atoms with Crippen LogP contribution in [0.5, 0.6) is 0 Å². The van der Waals surface area contributed by atoms with Crippen molar-refractivity contribution in [3.63, 3.8) is 0 Å². The number of quaternary nitrogens is 1. The number of aliphatic hydroxyl groups is 1. The Balaban J connectivity index is 3.63. The molecule has 1 unspecified atom stereocenters. The predicted molar refractivity (Wildman–Crippen MR) is 43.8 cm³/mol. The average Bonchev–Trinajstić information content (AvgIpc) is 1.59. The van der Waals surface area contributed by atoms with Crippen molar-refractivity contribution in [1.82, 2.24) is 0 Å². The van der Waals surface area contributed by atoms with Gasteiger partial charge in [-0.15, -0.1) is 0 Å². The number of likely N-dealkylation sites (N-methyl/N-ethyl adjacent to an activating group) is 1. The summed E-state index contributed by atoms with van der Waals surface area (Å²) in [5.41, 5.74) is 0. The molecule has 0 aliphatic carbocycles. The van der Waals surface area contributed by atoms with Gasteiger partial charge >= 0.3 is 0 Å². The number of rotatable bonds is 4. The summed E-state index contributed by atoms with van der Waals surface area (Å²) in [6.07, 6.45) is 1.00. The van der Waals surface area contributed by atoms with E-state index in [-0.39, 0.29) is 6.10 Å². The molecule has 0 aromatic heterocycles. The first-order chi connectivity index (χ1) is 4.48. The lowest BCUT2D eigenvalue weighted by molar-refractivity contribution is -0.893. The fourth-order valence-corrected chi connectivity index (χ4v) is 1.41. The molecule has 0 fully saturated rings. The highest BCUT2D eigenvalue weighted by molar-refractivity contribution is 4.42. The van der Waals surface area contributed by atoms with Crippen LogP contribution in [0.2, 0.25) is 0 Å². The lowest BCUT2D eigenvalue weighted by Crippen LogP contribution is -2.44. The molecule has 2 nitrogen and oxygen atoms in total. The van der Waals surface area contributed by atoms with Gasteiger partial charge in [-0.05, 0) is 13.3 Å². The van der Waals surface area contributed by atoms with Crippen LogP contribution in [0.25, 0.3) is 0 Å². The Morgan fingerprint density at radius 1 is 1.40 bits per heavy atom. The van der Waals surface area contributed by atoms with Gasteiger partial charge in [-0.1, -0.05) is 6.92 Å². The molecule has 1 atom stereocenters. The molecule has 0 aromatic carbocycles. The van der Waals surface area contributed by atoms with Crippen LogP contribution < -0.4 is 0 Å². The van der Waals surface area contributed by atoms with E-state index in [9.17, 15) is 0 Å². The van der Waals surface area contributed by atoms with Crippen LogP contribution in [0.4, 0.5) is 0 Å². The summed E-state index contributed by atoms with van der Waals surface area (Å²) in [7, 11) is 4.30. The molecule has 0 rings (SSSR count). The van der Waals surface area contributed by atoms with Crippen LogP contribution in [-0.2, 0) is 0 Å². The Morgan fingerprint density at radius 2 is 1.90 bits per heavy atom. The van der Waals surface area contributed by atoms with Crippen molar-refractivity contribution in [3.8, 4) is 0 Å². The summed E-state index contributed by atoms with van der Waals surface area (Å²) in [4.78, 5) is 0. The Morgan fingerprint density at radius 3 is 2.20 bits per heavy atom. The molecule has 0 spiro atoms. The summed E-state index contributed by atoms with van der Waals surface area (Å²) < 4.78 is 0.925. The van der Waals surface area contributed by atoms with E-state index < -0.39 is 0 Å². The largest absolute Gasteiger partial charge is 0.388 e. The monoisotopic (exact) mass is 146 g/mol. The quantitative estimate of drug-likeness (QED) is 0.583. The van der Waals surface area contributed by atoms with Gasteiger partial charge in [-0.2, -0.15) is 0 Å². The number of aliphatic hydroxyl groups excluding tert-OH is 1. The number of hydrogen-bond donors (Lipinski definition) is 1. The van der Waals surface area contributed by atoms with Gasteiger partial charge in [0.25, 0.3) is 0 Å². The zero-order valence-electron chi connectivity index (χ0n) is 7.59. The highest BCUT2D eigenvalue weighted by atomic mass is 16.3. The molecule has 0 saturated carbocycles. The van der Waals surface area contributed by atoms with E-state index in [4.69, 9.17) is 5.11 Å². The van der Waals surface area contributed by atoms with Gasteiger partial charge in [0, 0.05) is 0 Å². The fraction of sp³-hybridized carbons (Fsp3) is 1.00. The van der Waals surface area contributed by atoms with Crippen LogP contribution in [0.3, 0.4) is 0 Å². The van der Waals surface area contributed by atoms with Gasteiger partial charge in [0.05, 0.1) is 20.6 Å². The van der Waals surface area contributed by atoms with Gasteiger partial charge < -0.3 is 9.59 Å². The summed E-state index contributed by atoms with van der Waals surface area (Å²) >= 11 is 0. The van der Waals surface area contributed by atoms with Crippen molar-refractivity contribution in [2.75, 3.05) is 27.2 Å². The Kier molecular flexibility index (Phi) is 3.91. The molecule has 0 saturated heterocycles. The van der Waals surface area contributed by atoms with Crippen LogP contribution in [-0.4, -0.2) is 42.9 Å². The van der Waals surface area contributed by atoms with Crippen molar-refractivity contribution >= 4 is 0 Å². The smallest absolute Gasteiger partial charge is 0.104 e. The molecule has 0 bridgehead atoms. The summed E-state index contributed by atoms with van der Waals surface area (Å²) in [5, 5.41) is 9.10. The first kappa shape index (κ1) is 9.92. The molecule has 0 radical (unpaired) electrons. The third-order valence-electron chi connectivity index (χ3n) is 1.59. The van der Waals surface area contributed by atoms with Crippen molar-refractivity contribution in [1.29, 1.82) is 0 Å². The number of hydrogen-bond acceptors (Lipinski definition) is 1. The molecule has 10 heavy (non-hydrogen) atoms. The van der Waals surface area contributed by atoms with Gasteiger partial charge in [-0.3, -0.25) is 0 Å². The first-order valence-electron chi connectivity index (χ1n) is 3.98. The van der Waals surface area contributed by atoms with Crippen LogP contribution in [0, 0.1) is 0 Å². The highest BCUT2D eigenvalue weighted by Gasteiger charge is 2.15. The molecule has 0 amide bonds. The molecule has 2 heteroatoms. The Bertz CT molecular complexity index is 89.3. The van der Waals surface area contributed by atoms with E-state index in [0.717, 1.165) is 17.6 Å². The van der Waals surface area contributed by atoms with Gasteiger partial charge in [-0.25, -0.2) is 0 Å². The van der Waals surface area contributed by atoms with Gasteiger partial charge in [0.1, 0.15) is 12.6 Å². The minimum absolute atomic E-state index is 0.179. The van der Waals surface area contributed by atoms with Gasteiger partial charge in [0.15, 0.2) is 0 Å². The fourth-order valence-electron chi connectivity index (χ4n) is 1.41. The normalized spacial score (nSPS) is 15.3. The minimum atomic E-state index is -0.179. The molecule has 0 aromatic rings. The van der Waals surface area contributed by atoms with E-state index in [2.05, 4.69) is 21.0 Å². The van der Waals surface area contributed by atoms with Crippen LogP contribution >= 0.6 is 0 Å². The second kappa shape index (κ2) is 3.94. The molecular weight excluding hydrogens is 126 g/mol. The summed E-state index contributed by atoms with van der Waals surface area (Å²) in [5.74, 6) is 0. The van der Waals surface area contributed by atoms with Crippen LogP contribution in [0.15, 0.2) is 0 Å².